The van der Waals surface area contributed by atoms with Crippen molar-refractivity contribution in [2.24, 2.45) is 5.92 Å². The molecule has 0 fully saturated rings. The summed E-state index contributed by atoms with van der Waals surface area (Å²) in [6, 6.07) is 7.88. The van der Waals surface area contributed by atoms with Gasteiger partial charge < -0.3 is 14.7 Å². The van der Waals surface area contributed by atoms with E-state index in [4.69, 9.17) is 0 Å². The van der Waals surface area contributed by atoms with Crippen molar-refractivity contribution in [2.45, 2.75) is 12.5 Å². The molecule has 27 heavy (non-hydrogen) atoms. The highest BCUT2D eigenvalue weighted by Crippen LogP contribution is 2.29. The fourth-order valence-electron chi connectivity index (χ4n) is 3.58. The van der Waals surface area contributed by atoms with Gasteiger partial charge in [0.25, 0.3) is 5.56 Å². The van der Waals surface area contributed by atoms with Crippen LogP contribution in [0.5, 0.6) is 0 Å². The number of aromatic nitrogens is 5. The van der Waals surface area contributed by atoms with Crippen LogP contribution in [0.15, 0.2) is 58.2 Å². The van der Waals surface area contributed by atoms with Crippen molar-refractivity contribution >= 4 is 32.9 Å². The van der Waals surface area contributed by atoms with E-state index in [2.05, 4.69) is 30.9 Å². The lowest BCUT2D eigenvalue weighted by Crippen LogP contribution is -2.15. The van der Waals surface area contributed by atoms with Crippen LogP contribution >= 0.6 is 15.9 Å². The number of aromatic amines is 1. The van der Waals surface area contributed by atoms with Crippen LogP contribution < -0.4 is 5.56 Å². The molecule has 0 bridgehead atoms. The van der Waals surface area contributed by atoms with Crippen LogP contribution in [-0.2, 0) is 0 Å². The van der Waals surface area contributed by atoms with Crippen molar-refractivity contribution < 1.29 is 5.11 Å². The Morgan fingerprint density at radius 1 is 1.26 bits per heavy atom. The summed E-state index contributed by atoms with van der Waals surface area (Å²) in [5.74, 6) is 0.611. The largest absolute Gasteiger partial charge is 0.396 e. The number of rotatable bonds is 3. The number of nitrogens with zero attached hydrogens (tertiary/aromatic N) is 4. The predicted molar refractivity (Wildman–Crippen MR) is 106 cm³/mol. The van der Waals surface area contributed by atoms with E-state index in [0.717, 1.165) is 22.2 Å². The quantitative estimate of drug-likeness (QED) is 0.493. The minimum atomic E-state index is -0.200. The maximum absolute atomic E-state index is 12.9. The van der Waals surface area contributed by atoms with E-state index in [-0.39, 0.29) is 24.1 Å². The van der Waals surface area contributed by atoms with Gasteiger partial charge >= 0.3 is 0 Å². The normalized spacial score (nSPS) is 19.5. The maximum atomic E-state index is 12.9. The summed E-state index contributed by atoms with van der Waals surface area (Å²) in [6.07, 6.45) is 8.22. The molecule has 7 nitrogen and oxygen atoms in total. The lowest BCUT2D eigenvalue weighted by Gasteiger charge is -2.12. The Labute approximate surface area is 162 Å². The Kier molecular flexibility index (Phi) is 3.76. The smallest absolute Gasteiger partial charge is 0.287 e. The van der Waals surface area contributed by atoms with Gasteiger partial charge in [0.05, 0.1) is 18.1 Å². The second-order valence-electron chi connectivity index (χ2n) is 6.74. The van der Waals surface area contributed by atoms with Crippen molar-refractivity contribution in [2.75, 3.05) is 6.61 Å². The molecule has 8 heteroatoms. The molecule has 0 aliphatic heterocycles. The molecule has 1 aromatic carbocycles. The molecule has 1 aliphatic rings. The van der Waals surface area contributed by atoms with E-state index >= 15 is 0 Å². The number of halogens is 1. The molecule has 0 saturated heterocycles. The second kappa shape index (κ2) is 6.17. The Hall–Kier alpha value is -2.71. The van der Waals surface area contributed by atoms with Gasteiger partial charge in [-0.2, -0.15) is 4.98 Å². The van der Waals surface area contributed by atoms with Gasteiger partial charge in [0.1, 0.15) is 0 Å². The molecule has 0 radical (unpaired) electrons. The zero-order chi connectivity index (χ0) is 18.5. The Morgan fingerprint density at radius 3 is 2.81 bits per heavy atom. The van der Waals surface area contributed by atoms with Crippen molar-refractivity contribution in [1.29, 1.82) is 0 Å². The molecule has 0 spiro atoms. The zero-order valence-electron chi connectivity index (χ0n) is 14.2. The Morgan fingerprint density at radius 2 is 2.07 bits per heavy atom. The van der Waals surface area contributed by atoms with Crippen LogP contribution in [0.4, 0.5) is 0 Å². The van der Waals surface area contributed by atoms with Crippen LogP contribution in [0.2, 0.25) is 0 Å². The van der Waals surface area contributed by atoms with E-state index in [1.807, 2.05) is 41.0 Å². The average Bonchev–Trinajstić information content (AvgIpc) is 3.40. The number of imidazole rings is 2. The van der Waals surface area contributed by atoms with Gasteiger partial charge in [0.15, 0.2) is 11.2 Å². The third kappa shape index (κ3) is 2.64. The molecule has 5 rings (SSSR count). The number of aliphatic hydroxyl groups is 1. The molecule has 0 unspecified atom stereocenters. The highest BCUT2D eigenvalue weighted by atomic mass is 79.9. The first-order valence-electron chi connectivity index (χ1n) is 8.67. The first-order valence-corrected chi connectivity index (χ1v) is 9.46. The molecule has 136 valence electrons. The number of aliphatic hydroxyl groups excluding tert-OH is 1. The Balaban J connectivity index is 1.65. The number of fused-ring (bicyclic) bond motifs is 2. The van der Waals surface area contributed by atoms with Gasteiger partial charge in [-0.1, -0.05) is 40.2 Å². The second-order valence-corrected chi connectivity index (χ2v) is 7.66. The van der Waals surface area contributed by atoms with Crippen LogP contribution in [0, 0.1) is 5.92 Å². The summed E-state index contributed by atoms with van der Waals surface area (Å²) in [4.78, 5) is 25.1. The minimum absolute atomic E-state index is 0.0439. The fraction of sp³-hybridized carbons (Fsp3) is 0.211. The van der Waals surface area contributed by atoms with Crippen LogP contribution in [-0.4, -0.2) is 35.6 Å². The molecule has 0 saturated carbocycles. The number of H-pyrrole nitrogens is 1. The van der Waals surface area contributed by atoms with E-state index in [1.54, 1.807) is 12.5 Å². The van der Waals surface area contributed by atoms with Crippen LogP contribution in [0.3, 0.4) is 0 Å². The molecule has 4 aromatic rings. The third-order valence-corrected chi connectivity index (χ3v) is 5.56. The highest BCUT2D eigenvalue weighted by Gasteiger charge is 2.23. The van der Waals surface area contributed by atoms with Crippen molar-refractivity contribution in [1.82, 2.24) is 23.9 Å². The molecule has 3 heterocycles. The minimum Gasteiger partial charge on any atom is -0.396 e. The SMILES string of the molecule is O=c1c2ncn([C@H]3C=C[C@@H](CO)C3)c2nc2[nH]c(-c3ccc(Br)cc3)cn12. The van der Waals surface area contributed by atoms with Crippen molar-refractivity contribution in [3.05, 3.63) is 63.8 Å². The van der Waals surface area contributed by atoms with Crippen LogP contribution in [0.1, 0.15) is 12.5 Å². The van der Waals surface area contributed by atoms with Gasteiger partial charge in [-0.15, -0.1) is 0 Å². The standard InChI is InChI=1S/C19H16BrN5O2/c20-13-4-2-12(3-5-13)15-8-24-18(27)16-17(23-19(24)22-15)25(10-21-16)14-6-1-11(7-14)9-26/h1-6,8,10-11,14,26H,7,9H2,(H,22,23)/t11-,14+/m1/s1. The molecule has 1 aliphatic carbocycles. The summed E-state index contributed by atoms with van der Waals surface area (Å²) in [7, 11) is 0. The van der Waals surface area contributed by atoms with Crippen molar-refractivity contribution in [3.8, 4) is 11.3 Å². The molecule has 2 N–H and O–H groups in total. The first-order chi connectivity index (χ1) is 13.1. The third-order valence-electron chi connectivity index (χ3n) is 5.03. The number of hydrogen-bond acceptors (Lipinski definition) is 4. The van der Waals surface area contributed by atoms with Crippen molar-refractivity contribution in [3.63, 3.8) is 0 Å². The fourth-order valence-corrected chi connectivity index (χ4v) is 3.85. The number of nitrogens with one attached hydrogen (secondary N) is 1. The summed E-state index contributed by atoms with van der Waals surface area (Å²) in [6.45, 7) is 0.118. The molecule has 0 amide bonds. The number of benzene rings is 1. The lowest BCUT2D eigenvalue weighted by atomic mass is 10.1. The van der Waals surface area contributed by atoms with E-state index in [9.17, 15) is 9.90 Å². The molecular weight excluding hydrogens is 410 g/mol. The van der Waals surface area contributed by atoms with E-state index in [1.165, 1.54) is 4.40 Å². The van der Waals surface area contributed by atoms with Gasteiger partial charge in [-0.05, 0) is 24.1 Å². The monoisotopic (exact) mass is 425 g/mol. The maximum Gasteiger partial charge on any atom is 0.287 e. The van der Waals surface area contributed by atoms with Gasteiger partial charge in [0.2, 0.25) is 5.78 Å². The predicted octanol–water partition coefficient (Wildman–Crippen LogP) is 2.91. The zero-order valence-corrected chi connectivity index (χ0v) is 15.8. The highest BCUT2D eigenvalue weighted by molar-refractivity contribution is 9.10. The van der Waals surface area contributed by atoms with Gasteiger partial charge in [0, 0.05) is 23.2 Å². The number of allylic oxidation sites excluding steroid dienone is 1. The number of hydrogen-bond donors (Lipinski definition) is 2. The molecule has 2 atom stereocenters. The van der Waals surface area contributed by atoms with Crippen LogP contribution in [0.25, 0.3) is 28.2 Å². The topological polar surface area (TPSA) is 88.2 Å². The summed E-state index contributed by atoms with van der Waals surface area (Å²) >= 11 is 3.43. The first kappa shape index (κ1) is 16.5. The summed E-state index contributed by atoms with van der Waals surface area (Å²) < 4.78 is 4.40. The molecule has 3 aromatic heterocycles. The van der Waals surface area contributed by atoms with E-state index < -0.39 is 0 Å². The van der Waals surface area contributed by atoms with Gasteiger partial charge in [-0.25, -0.2) is 9.38 Å². The van der Waals surface area contributed by atoms with Gasteiger partial charge in [-0.3, -0.25) is 4.79 Å². The molecular formula is C19H16BrN5O2. The average molecular weight is 426 g/mol. The lowest BCUT2D eigenvalue weighted by molar-refractivity contribution is 0.244. The summed E-state index contributed by atoms with van der Waals surface area (Å²) in [5.41, 5.74) is 2.47. The Bertz CT molecular complexity index is 1230. The van der Waals surface area contributed by atoms with E-state index in [0.29, 0.717) is 16.9 Å². The summed E-state index contributed by atoms with van der Waals surface area (Å²) in [5, 5.41) is 9.36.